The molecule has 0 saturated carbocycles. The highest BCUT2D eigenvalue weighted by atomic mass is 35.5. The topological polar surface area (TPSA) is 59.8 Å². The second-order valence-corrected chi connectivity index (χ2v) is 6.67. The van der Waals surface area contributed by atoms with E-state index >= 15 is 0 Å². The first-order valence-electron chi connectivity index (χ1n) is 7.35. The summed E-state index contributed by atoms with van der Waals surface area (Å²) in [5.74, 6) is 0. The molecule has 2 aromatic heterocycles. The van der Waals surface area contributed by atoms with Gasteiger partial charge in [-0.25, -0.2) is 4.98 Å². The van der Waals surface area contributed by atoms with Crippen molar-refractivity contribution in [2.75, 3.05) is 5.32 Å². The number of aromatic nitrogens is 3. The van der Waals surface area contributed by atoms with Crippen LogP contribution in [0, 0.1) is 6.92 Å². The summed E-state index contributed by atoms with van der Waals surface area (Å²) in [5, 5.41) is 6.77. The van der Waals surface area contributed by atoms with E-state index in [0.29, 0.717) is 12.2 Å². The summed E-state index contributed by atoms with van der Waals surface area (Å²) in [5.41, 5.74) is 1.27. The number of alkyl halides is 3. The number of anilines is 1. The van der Waals surface area contributed by atoms with E-state index in [4.69, 9.17) is 11.6 Å². The average Bonchev–Trinajstić information content (AvgIpc) is 3.01. The van der Waals surface area contributed by atoms with Gasteiger partial charge in [0.1, 0.15) is 5.02 Å². The van der Waals surface area contributed by atoms with E-state index in [1.54, 1.807) is 5.51 Å². The number of hydrogen-bond donors (Lipinski definition) is 1. The summed E-state index contributed by atoms with van der Waals surface area (Å²) < 4.78 is 39.4. The monoisotopic (exact) mass is 400 g/mol. The van der Waals surface area contributed by atoms with Gasteiger partial charge < -0.3 is 5.32 Å². The fourth-order valence-electron chi connectivity index (χ4n) is 2.23. The lowest BCUT2D eigenvalue weighted by Gasteiger charge is -2.12. The first kappa shape index (κ1) is 18.4. The number of halogens is 4. The van der Waals surface area contributed by atoms with Gasteiger partial charge in [-0.15, -0.1) is 11.3 Å². The summed E-state index contributed by atoms with van der Waals surface area (Å²) >= 11 is 7.54. The van der Waals surface area contributed by atoms with Crippen LogP contribution in [0.15, 0.2) is 40.8 Å². The lowest BCUT2D eigenvalue weighted by atomic mass is 10.2. The Morgan fingerprint density at radius 2 is 2.12 bits per heavy atom. The van der Waals surface area contributed by atoms with Crippen LogP contribution in [0.25, 0.3) is 5.69 Å². The van der Waals surface area contributed by atoms with Gasteiger partial charge in [0.2, 0.25) is 0 Å². The molecule has 1 N–H and O–H groups in total. The van der Waals surface area contributed by atoms with Crippen molar-refractivity contribution in [1.82, 2.24) is 14.8 Å². The van der Waals surface area contributed by atoms with Crippen molar-refractivity contribution < 1.29 is 13.2 Å². The molecular weight excluding hydrogens is 389 g/mol. The number of benzene rings is 1. The van der Waals surface area contributed by atoms with Crippen LogP contribution < -0.4 is 10.9 Å². The molecule has 0 fully saturated rings. The molecule has 26 heavy (non-hydrogen) atoms. The second kappa shape index (κ2) is 7.08. The summed E-state index contributed by atoms with van der Waals surface area (Å²) in [6, 6.07) is 4.33. The number of nitrogens with one attached hydrogen (secondary N) is 1. The van der Waals surface area contributed by atoms with Crippen LogP contribution in [0.5, 0.6) is 0 Å². The summed E-state index contributed by atoms with van der Waals surface area (Å²) in [4.78, 5) is 17.5. The zero-order valence-corrected chi connectivity index (χ0v) is 14.9. The molecule has 0 unspecified atom stereocenters. The lowest BCUT2D eigenvalue weighted by molar-refractivity contribution is -0.137. The van der Waals surface area contributed by atoms with E-state index < -0.39 is 17.3 Å². The Morgan fingerprint density at radius 3 is 2.77 bits per heavy atom. The van der Waals surface area contributed by atoms with Crippen LogP contribution in [0.1, 0.15) is 16.1 Å². The molecule has 0 radical (unpaired) electrons. The van der Waals surface area contributed by atoms with Crippen molar-refractivity contribution in [2.45, 2.75) is 19.6 Å². The van der Waals surface area contributed by atoms with E-state index in [1.165, 1.54) is 29.7 Å². The molecule has 10 heteroatoms. The van der Waals surface area contributed by atoms with Gasteiger partial charge in [-0.2, -0.15) is 23.0 Å². The minimum absolute atomic E-state index is 0.0171. The third kappa shape index (κ3) is 3.73. The Bertz CT molecular complexity index is 1000. The molecule has 2 heterocycles. The standard InChI is InChI=1S/C16H12ClF3N4OS/c1-9-13(26-8-22-9)7-21-12-6-23-24(15(25)14(12)17)11-4-2-3-10(5-11)16(18,19)20/h2-6,8,21H,7H2,1H3. The third-order valence-electron chi connectivity index (χ3n) is 3.62. The molecule has 136 valence electrons. The van der Waals surface area contributed by atoms with Crippen molar-refractivity contribution in [1.29, 1.82) is 0 Å². The Hall–Kier alpha value is -2.39. The van der Waals surface area contributed by atoms with Crippen molar-refractivity contribution in [3.8, 4) is 5.69 Å². The van der Waals surface area contributed by atoms with Gasteiger partial charge in [0, 0.05) is 4.88 Å². The normalized spacial score (nSPS) is 11.6. The summed E-state index contributed by atoms with van der Waals surface area (Å²) in [7, 11) is 0. The first-order chi connectivity index (χ1) is 12.3. The highest BCUT2D eigenvalue weighted by Crippen LogP contribution is 2.30. The molecule has 1 aromatic carbocycles. The quantitative estimate of drug-likeness (QED) is 0.710. The molecule has 0 aliphatic carbocycles. The molecule has 3 aromatic rings. The smallest absolute Gasteiger partial charge is 0.377 e. The number of nitrogens with zero attached hydrogens (tertiary/aromatic N) is 3. The minimum Gasteiger partial charge on any atom is -0.377 e. The van der Waals surface area contributed by atoms with Gasteiger partial charge in [0.15, 0.2) is 0 Å². The van der Waals surface area contributed by atoms with Crippen LogP contribution in [0.3, 0.4) is 0 Å². The highest BCUT2D eigenvalue weighted by molar-refractivity contribution is 7.09. The highest BCUT2D eigenvalue weighted by Gasteiger charge is 2.30. The van der Waals surface area contributed by atoms with Gasteiger partial charge in [0.25, 0.3) is 5.56 Å². The Kier molecular flexibility index (Phi) is 5.01. The SMILES string of the molecule is Cc1ncsc1CNc1cnn(-c2cccc(C(F)(F)F)c2)c(=O)c1Cl. The molecule has 0 aliphatic heterocycles. The molecular formula is C16H12ClF3N4OS. The summed E-state index contributed by atoms with van der Waals surface area (Å²) in [6.07, 6.45) is -3.21. The predicted octanol–water partition coefficient (Wildman–Crippen LogP) is 4.28. The first-order valence-corrected chi connectivity index (χ1v) is 8.61. The Labute approximate surface area is 155 Å². The molecule has 0 atom stereocenters. The minimum atomic E-state index is -4.52. The fraction of sp³-hybridized carbons (Fsp3) is 0.188. The largest absolute Gasteiger partial charge is 0.416 e. The zero-order chi connectivity index (χ0) is 18.9. The van der Waals surface area contributed by atoms with Gasteiger partial charge in [-0.3, -0.25) is 4.79 Å². The van der Waals surface area contributed by atoms with E-state index in [9.17, 15) is 18.0 Å². The van der Waals surface area contributed by atoms with Gasteiger partial charge in [-0.1, -0.05) is 17.7 Å². The van der Waals surface area contributed by atoms with Crippen molar-refractivity contribution in [3.05, 3.63) is 67.5 Å². The number of hydrogen-bond acceptors (Lipinski definition) is 5. The Morgan fingerprint density at radius 1 is 1.35 bits per heavy atom. The molecule has 0 bridgehead atoms. The molecule has 5 nitrogen and oxygen atoms in total. The third-order valence-corrected chi connectivity index (χ3v) is 4.92. The van der Waals surface area contributed by atoms with E-state index in [2.05, 4.69) is 15.4 Å². The van der Waals surface area contributed by atoms with Gasteiger partial charge in [-0.05, 0) is 25.1 Å². The van der Waals surface area contributed by atoms with Crippen LogP contribution in [0.4, 0.5) is 18.9 Å². The van der Waals surface area contributed by atoms with Gasteiger partial charge in [0.05, 0.1) is 40.9 Å². The van der Waals surface area contributed by atoms with E-state index in [1.807, 2.05) is 6.92 Å². The van der Waals surface area contributed by atoms with Crippen LogP contribution in [-0.2, 0) is 12.7 Å². The summed E-state index contributed by atoms with van der Waals surface area (Å²) in [6.45, 7) is 2.27. The van der Waals surface area contributed by atoms with Crippen molar-refractivity contribution in [2.24, 2.45) is 0 Å². The molecule has 3 rings (SSSR count). The van der Waals surface area contributed by atoms with E-state index in [0.717, 1.165) is 27.4 Å². The van der Waals surface area contributed by atoms with Crippen LogP contribution in [-0.4, -0.2) is 14.8 Å². The lowest BCUT2D eigenvalue weighted by Crippen LogP contribution is -2.23. The van der Waals surface area contributed by atoms with Crippen molar-refractivity contribution in [3.63, 3.8) is 0 Å². The predicted molar refractivity (Wildman–Crippen MR) is 94.0 cm³/mol. The number of aryl methyl sites for hydroxylation is 1. The maximum Gasteiger partial charge on any atom is 0.416 e. The van der Waals surface area contributed by atoms with Crippen LogP contribution in [0.2, 0.25) is 5.02 Å². The maximum absolute atomic E-state index is 12.8. The number of rotatable bonds is 4. The average molecular weight is 401 g/mol. The number of thiazole rings is 1. The molecule has 0 saturated heterocycles. The van der Waals surface area contributed by atoms with Gasteiger partial charge >= 0.3 is 6.18 Å². The Balaban J connectivity index is 1.91. The second-order valence-electron chi connectivity index (χ2n) is 5.35. The fourth-order valence-corrected chi connectivity index (χ4v) is 3.14. The molecule has 0 spiro atoms. The zero-order valence-electron chi connectivity index (χ0n) is 13.3. The van der Waals surface area contributed by atoms with Crippen LogP contribution >= 0.6 is 22.9 Å². The van der Waals surface area contributed by atoms with E-state index in [-0.39, 0.29) is 10.7 Å². The molecule has 0 aliphatic rings. The van der Waals surface area contributed by atoms with Crippen molar-refractivity contribution >= 4 is 28.6 Å². The maximum atomic E-state index is 12.8. The molecule has 0 amide bonds.